The van der Waals surface area contributed by atoms with Gasteiger partial charge < -0.3 is 19.4 Å². The first-order valence-electron chi connectivity index (χ1n) is 11.1. The van der Waals surface area contributed by atoms with E-state index in [2.05, 4.69) is 36.0 Å². The van der Waals surface area contributed by atoms with E-state index in [1.807, 2.05) is 19.9 Å². The van der Waals surface area contributed by atoms with Gasteiger partial charge in [0.15, 0.2) is 5.82 Å². The predicted octanol–water partition coefficient (Wildman–Crippen LogP) is 2.55. The van der Waals surface area contributed by atoms with Crippen LogP contribution in [0.25, 0.3) is 0 Å². The lowest BCUT2D eigenvalue weighted by atomic mass is 10.1. The van der Waals surface area contributed by atoms with Gasteiger partial charge in [-0.3, -0.25) is 14.7 Å². The Hall–Kier alpha value is -3.46. The molecule has 3 heterocycles. The van der Waals surface area contributed by atoms with Crippen molar-refractivity contribution in [2.45, 2.75) is 39.4 Å². The van der Waals surface area contributed by atoms with Crippen LogP contribution in [0.2, 0.25) is 0 Å². The number of fused-ring (bicyclic) bond motifs is 1. The van der Waals surface area contributed by atoms with Crippen LogP contribution in [-0.4, -0.2) is 57.9 Å². The lowest BCUT2D eigenvalue weighted by Gasteiger charge is -2.22. The number of ether oxygens (including phenoxy) is 2. The van der Waals surface area contributed by atoms with E-state index in [9.17, 15) is 4.79 Å². The second-order valence-corrected chi connectivity index (χ2v) is 8.17. The van der Waals surface area contributed by atoms with Crippen LogP contribution in [0.4, 0.5) is 0 Å². The molecule has 0 spiro atoms. The molecular formula is C24H30N6O3. The maximum atomic E-state index is 12.5. The minimum absolute atomic E-state index is 0.176. The highest BCUT2D eigenvalue weighted by Crippen LogP contribution is 2.32. The third-order valence-electron chi connectivity index (χ3n) is 6.06. The summed E-state index contributed by atoms with van der Waals surface area (Å²) >= 11 is 0. The zero-order chi connectivity index (χ0) is 23.4. The molecule has 1 atom stereocenters. The molecule has 3 aromatic rings. The Balaban J connectivity index is 1.44. The lowest BCUT2D eigenvalue weighted by Crippen LogP contribution is -2.30. The van der Waals surface area contributed by atoms with Crippen molar-refractivity contribution in [1.82, 2.24) is 30.0 Å². The van der Waals surface area contributed by atoms with Crippen LogP contribution in [0.3, 0.4) is 0 Å². The summed E-state index contributed by atoms with van der Waals surface area (Å²) < 4.78 is 13.2. The van der Waals surface area contributed by atoms with E-state index in [1.165, 1.54) is 0 Å². The molecule has 0 radical (unpaired) electrons. The third-order valence-corrected chi connectivity index (χ3v) is 6.06. The van der Waals surface area contributed by atoms with Gasteiger partial charge in [-0.1, -0.05) is 6.07 Å². The Morgan fingerprint density at radius 2 is 2.00 bits per heavy atom. The Kier molecular flexibility index (Phi) is 6.88. The van der Waals surface area contributed by atoms with E-state index < -0.39 is 0 Å². The number of carbonyl (C=O) groups is 1. The average molecular weight is 451 g/mol. The fraction of sp³-hybridized carbons (Fsp3) is 0.417. The van der Waals surface area contributed by atoms with E-state index in [-0.39, 0.29) is 11.9 Å². The molecule has 0 fully saturated rings. The second kappa shape index (κ2) is 9.99. The summed E-state index contributed by atoms with van der Waals surface area (Å²) in [5, 5.41) is 11.8. The van der Waals surface area contributed by atoms with Gasteiger partial charge in [0.25, 0.3) is 5.91 Å². The molecular weight excluding hydrogens is 420 g/mol. The third kappa shape index (κ3) is 4.83. The van der Waals surface area contributed by atoms with E-state index >= 15 is 0 Å². The summed E-state index contributed by atoms with van der Waals surface area (Å²) in [6.07, 6.45) is 3.99. The maximum Gasteiger partial charge on any atom is 0.253 e. The maximum absolute atomic E-state index is 12.5. The summed E-state index contributed by atoms with van der Waals surface area (Å²) in [5.74, 6) is 3.22. The molecule has 1 aliphatic heterocycles. The number of rotatable bonds is 7. The van der Waals surface area contributed by atoms with E-state index in [1.54, 1.807) is 38.7 Å². The quantitative estimate of drug-likeness (QED) is 0.591. The van der Waals surface area contributed by atoms with E-state index in [0.717, 1.165) is 66.9 Å². The van der Waals surface area contributed by atoms with Crippen molar-refractivity contribution in [2.75, 3.05) is 27.3 Å². The van der Waals surface area contributed by atoms with Crippen LogP contribution in [0.15, 0.2) is 36.7 Å². The Morgan fingerprint density at radius 1 is 1.15 bits per heavy atom. The topological polar surface area (TPSA) is 94.4 Å². The SMILES string of the molecule is COc1ccc(CN2CCc3nnc([C@H](C)NC(=O)c4cccnc4)n3CC2)c(OC)c1C. The second-order valence-electron chi connectivity index (χ2n) is 8.17. The molecule has 33 heavy (non-hydrogen) atoms. The van der Waals surface area contributed by atoms with Gasteiger partial charge in [-0.25, -0.2) is 0 Å². The fourth-order valence-electron chi connectivity index (χ4n) is 4.31. The number of hydrogen-bond donors (Lipinski definition) is 1. The molecule has 0 unspecified atom stereocenters. The minimum Gasteiger partial charge on any atom is -0.496 e. The molecule has 0 bridgehead atoms. The molecule has 0 saturated heterocycles. The smallest absolute Gasteiger partial charge is 0.253 e. The number of amides is 1. The number of pyridine rings is 1. The highest BCUT2D eigenvalue weighted by Gasteiger charge is 2.24. The normalized spacial score (nSPS) is 14.8. The van der Waals surface area contributed by atoms with Gasteiger partial charge in [-0.05, 0) is 32.0 Å². The number of carbonyl (C=O) groups excluding carboxylic acids is 1. The number of benzene rings is 1. The number of aromatic nitrogens is 4. The molecule has 1 aliphatic rings. The molecule has 2 aromatic heterocycles. The van der Waals surface area contributed by atoms with Crippen molar-refractivity contribution >= 4 is 5.91 Å². The average Bonchev–Trinajstić information content (AvgIpc) is 3.14. The van der Waals surface area contributed by atoms with Gasteiger partial charge in [0.2, 0.25) is 0 Å². The molecule has 0 aliphatic carbocycles. The van der Waals surface area contributed by atoms with Gasteiger partial charge in [-0.15, -0.1) is 10.2 Å². The molecule has 174 valence electrons. The molecule has 0 saturated carbocycles. The zero-order valence-corrected chi connectivity index (χ0v) is 19.5. The summed E-state index contributed by atoms with van der Waals surface area (Å²) in [5.41, 5.74) is 2.66. The summed E-state index contributed by atoms with van der Waals surface area (Å²) in [4.78, 5) is 18.9. The van der Waals surface area contributed by atoms with Gasteiger partial charge in [0.05, 0.1) is 25.8 Å². The van der Waals surface area contributed by atoms with Crippen molar-refractivity contribution in [3.63, 3.8) is 0 Å². The molecule has 1 aromatic carbocycles. The lowest BCUT2D eigenvalue weighted by molar-refractivity contribution is 0.0937. The van der Waals surface area contributed by atoms with Crippen LogP contribution >= 0.6 is 0 Å². The number of nitrogens with one attached hydrogen (secondary N) is 1. The number of nitrogens with zero attached hydrogens (tertiary/aromatic N) is 5. The van der Waals surface area contributed by atoms with E-state index in [0.29, 0.717) is 5.56 Å². The Bertz CT molecular complexity index is 1110. The van der Waals surface area contributed by atoms with Crippen LogP contribution < -0.4 is 14.8 Å². The first-order chi connectivity index (χ1) is 16.0. The van der Waals surface area contributed by atoms with Gasteiger partial charge in [0, 0.05) is 56.1 Å². The van der Waals surface area contributed by atoms with Crippen LogP contribution in [0.5, 0.6) is 11.5 Å². The molecule has 1 N–H and O–H groups in total. The first-order valence-corrected chi connectivity index (χ1v) is 11.1. The number of hydrogen-bond acceptors (Lipinski definition) is 7. The highest BCUT2D eigenvalue weighted by atomic mass is 16.5. The molecule has 1 amide bonds. The Morgan fingerprint density at radius 3 is 2.73 bits per heavy atom. The van der Waals surface area contributed by atoms with Crippen LogP contribution in [0, 0.1) is 6.92 Å². The largest absolute Gasteiger partial charge is 0.496 e. The van der Waals surface area contributed by atoms with Crippen LogP contribution in [0.1, 0.15) is 46.1 Å². The van der Waals surface area contributed by atoms with Crippen molar-refractivity contribution in [1.29, 1.82) is 0 Å². The summed E-state index contributed by atoms with van der Waals surface area (Å²) in [6, 6.07) is 7.28. The summed E-state index contributed by atoms with van der Waals surface area (Å²) in [6.45, 7) is 7.17. The summed E-state index contributed by atoms with van der Waals surface area (Å²) in [7, 11) is 3.37. The first kappa shape index (κ1) is 22.7. The van der Waals surface area contributed by atoms with Crippen molar-refractivity contribution in [2.24, 2.45) is 0 Å². The zero-order valence-electron chi connectivity index (χ0n) is 19.5. The van der Waals surface area contributed by atoms with Crippen molar-refractivity contribution in [3.8, 4) is 11.5 Å². The highest BCUT2D eigenvalue weighted by molar-refractivity contribution is 5.94. The predicted molar refractivity (Wildman–Crippen MR) is 123 cm³/mol. The van der Waals surface area contributed by atoms with Gasteiger partial charge in [-0.2, -0.15) is 0 Å². The van der Waals surface area contributed by atoms with Crippen molar-refractivity contribution in [3.05, 3.63) is 65.0 Å². The number of methoxy groups -OCH3 is 2. The van der Waals surface area contributed by atoms with Gasteiger partial charge in [0.1, 0.15) is 17.3 Å². The molecule has 4 rings (SSSR count). The van der Waals surface area contributed by atoms with Crippen molar-refractivity contribution < 1.29 is 14.3 Å². The van der Waals surface area contributed by atoms with Crippen LogP contribution in [-0.2, 0) is 19.5 Å². The standard InChI is InChI=1S/C24H30N6O3/c1-16-20(32-3)8-7-19(22(16)33-4)15-29-11-9-21-27-28-23(30(21)13-12-29)17(2)26-24(31)18-6-5-10-25-14-18/h5-8,10,14,17H,9,11-13,15H2,1-4H3,(H,26,31)/t17-/m0/s1. The molecule has 9 nitrogen and oxygen atoms in total. The van der Waals surface area contributed by atoms with E-state index in [4.69, 9.17) is 9.47 Å². The fourth-order valence-corrected chi connectivity index (χ4v) is 4.31. The minimum atomic E-state index is -0.269. The van der Waals surface area contributed by atoms with Gasteiger partial charge >= 0.3 is 0 Å². The monoisotopic (exact) mass is 450 g/mol. The molecule has 9 heteroatoms. The Labute approximate surface area is 193 Å².